The molecule has 8 N–H and O–H groups in total. The van der Waals surface area contributed by atoms with Crippen molar-refractivity contribution in [3.63, 3.8) is 0 Å². The molecule has 0 aromatic heterocycles. The van der Waals surface area contributed by atoms with Crippen molar-refractivity contribution in [2.45, 2.75) is 38.3 Å². The van der Waals surface area contributed by atoms with Crippen LogP contribution in [-0.2, 0) is 4.79 Å². The molecule has 1 amide bonds. The first-order valence-corrected chi connectivity index (χ1v) is 4.76. The molecule has 0 spiro atoms. The lowest BCUT2D eigenvalue weighted by Crippen LogP contribution is -2.30. The molecule has 0 aliphatic rings. The Kier molecular flexibility index (Phi) is 6.78. The lowest BCUT2D eigenvalue weighted by molar-refractivity contribution is -0.117. The van der Waals surface area contributed by atoms with Gasteiger partial charge in [-0.05, 0) is 25.7 Å². The standard InChI is InChI=1S/C9H20N4O/c10-7(3-1-5-8(11)12)4-2-6-9(13)14/h4,8H,1-3,5-6,10-12H2,(H2,13,14)/b7-4-. The van der Waals surface area contributed by atoms with E-state index in [1.165, 1.54) is 0 Å². The summed E-state index contributed by atoms with van der Waals surface area (Å²) in [6.45, 7) is 0. The van der Waals surface area contributed by atoms with Gasteiger partial charge < -0.3 is 22.9 Å². The van der Waals surface area contributed by atoms with Crippen molar-refractivity contribution in [3.05, 3.63) is 11.8 Å². The Morgan fingerprint density at radius 2 is 1.86 bits per heavy atom. The summed E-state index contributed by atoms with van der Waals surface area (Å²) >= 11 is 0. The van der Waals surface area contributed by atoms with Gasteiger partial charge in [0.05, 0.1) is 6.17 Å². The molecule has 0 atom stereocenters. The quantitative estimate of drug-likeness (QED) is 0.414. The first-order chi connectivity index (χ1) is 6.52. The molecule has 0 saturated carbocycles. The number of hydrogen-bond donors (Lipinski definition) is 4. The highest BCUT2D eigenvalue weighted by atomic mass is 16.1. The molecule has 0 rings (SSSR count). The summed E-state index contributed by atoms with van der Waals surface area (Å²) in [5, 5.41) is 0. The number of carbonyl (C=O) groups is 1. The van der Waals surface area contributed by atoms with Crippen molar-refractivity contribution >= 4 is 5.91 Å². The fourth-order valence-corrected chi connectivity index (χ4v) is 1.04. The van der Waals surface area contributed by atoms with Crippen LogP contribution in [0.5, 0.6) is 0 Å². The Balaban J connectivity index is 3.51. The lowest BCUT2D eigenvalue weighted by atomic mass is 10.1. The molecule has 0 fully saturated rings. The molecule has 0 saturated heterocycles. The van der Waals surface area contributed by atoms with Gasteiger partial charge >= 0.3 is 0 Å². The highest BCUT2D eigenvalue weighted by Crippen LogP contribution is 2.04. The highest BCUT2D eigenvalue weighted by Gasteiger charge is 1.96. The van der Waals surface area contributed by atoms with Crippen LogP contribution in [0.4, 0.5) is 0 Å². The maximum Gasteiger partial charge on any atom is 0.217 e. The average Bonchev–Trinajstić information content (AvgIpc) is 2.02. The summed E-state index contributed by atoms with van der Waals surface area (Å²) < 4.78 is 0. The topological polar surface area (TPSA) is 121 Å². The van der Waals surface area contributed by atoms with Crippen molar-refractivity contribution < 1.29 is 4.79 Å². The summed E-state index contributed by atoms with van der Waals surface area (Å²) in [5.41, 5.74) is 22.2. The van der Waals surface area contributed by atoms with E-state index in [2.05, 4.69) is 0 Å². The van der Waals surface area contributed by atoms with Crippen LogP contribution in [0.15, 0.2) is 11.8 Å². The summed E-state index contributed by atoms with van der Waals surface area (Å²) in [7, 11) is 0. The van der Waals surface area contributed by atoms with Crippen molar-refractivity contribution in [2.75, 3.05) is 0 Å². The average molecular weight is 200 g/mol. The molecule has 0 aromatic rings. The zero-order valence-electron chi connectivity index (χ0n) is 8.41. The third-order valence-electron chi connectivity index (χ3n) is 1.80. The zero-order chi connectivity index (χ0) is 11.0. The Morgan fingerprint density at radius 1 is 1.21 bits per heavy atom. The summed E-state index contributed by atoms with van der Waals surface area (Å²) in [4.78, 5) is 10.4. The number of rotatable bonds is 7. The number of hydrogen-bond acceptors (Lipinski definition) is 4. The molecule has 0 unspecified atom stereocenters. The monoisotopic (exact) mass is 200 g/mol. The van der Waals surface area contributed by atoms with Crippen LogP contribution < -0.4 is 22.9 Å². The fraction of sp³-hybridized carbons (Fsp3) is 0.667. The van der Waals surface area contributed by atoms with E-state index < -0.39 is 0 Å². The van der Waals surface area contributed by atoms with Crippen molar-refractivity contribution in [1.82, 2.24) is 0 Å². The first-order valence-electron chi connectivity index (χ1n) is 4.76. The number of nitrogens with two attached hydrogens (primary N) is 4. The van der Waals surface area contributed by atoms with Crippen LogP contribution in [0.25, 0.3) is 0 Å². The maximum atomic E-state index is 10.4. The lowest BCUT2D eigenvalue weighted by Gasteiger charge is -2.04. The molecular weight excluding hydrogens is 180 g/mol. The highest BCUT2D eigenvalue weighted by molar-refractivity contribution is 5.73. The molecule has 0 bridgehead atoms. The fourth-order valence-electron chi connectivity index (χ4n) is 1.04. The van der Waals surface area contributed by atoms with E-state index in [9.17, 15) is 4.79 Å². The van der Waals surface area contributed by atoms with Crippen molar-refractivity contribution in [2.24, 2.45) is 22.9 Å². The van der Waals surface area contributed by atoms with Gasteiger partial charge in [0, 0.05) is 12.1 Å². The third-order valence-corrected chi connectivity index (χ3v) is 1.80. The predicted molar refractivity (Wildman–Crippen MR) is 56.7 cm³/mol. The van der Waals surface area contributed by atoms with E-state index in [0.29, 0.717) is 12.8 Å². The second-order valence-corrected chi connectivity index (χ2v) is 3.34. The Bertz CT molecular complexity index is 201. The minimum Gasteiger partial charge on any atom is -0.402 e. The summed E-state index contributed by atoms with van der Waals surface area (Å²) in [5.74, 6) is -0.307. The second-order valence-electron chi connectivity index (χ2n) is 3.34. The van der Waals surface area contributed by atoms with Crippen LogP contribution in [0.3, 0.4) is 0 Å². The molecule has 5 nitrogen and oxygen atoms in total. The molecular formula is C9H20N4O. The normalized spacial score (nSPS) is 12.1. The van der Waals surface area contributed by atoms with Gasteiger partial charge in [-0.3, -0.25) is 4.79 Å². The molecule has 5 heteroatoms. The summed E-state index contributed by atoms with van der Waals surface area (Å²) in [6.07, 6.45) is 4.90. The minimum absolute atomic E-state index is 0.270. The molecule has 0 heterocycles. The Morgan fingerprint density at radius 3 is 2.36 bits per heavy atom. The van der Waals surface area contributed by atoms with Gasteiger partial charge in [-0.15, -0.1) is 0 Å². The molecule has 0 aliphatic heterocycles. The van der Waals surface area contributed by atoms with E-state index >= 15 is 0 Å². The minimum atomic E-state index is -0.307. The zero-order valence-corrected chi connectivity index (χ0v) is 8.41. The van der Waals surface area contributed by atoms with Gasteiger partial charge in [0.2, 0.25) is 5.91 Å². The van der Waals surface area contributed by atoms with E-state index in [0.717, 1.165) is 25.0 Å². The molecule has 0 aromatic carbocycles. The van der Waals surface area contributed by atoms with Crippen LogP contribution in [-0.4, -0.2) is 12.1 Å². The van der Waals surface area contributed by atoms with E-state index in [1.54, 1.807) is 0 Å². The number of carbonyl (C=O) groups excluding carboxylic acids is 1. The van der Waals surface area contributed by atoms with E-state index in [-0.39, 0.29) is 12.1 Å². The Labute approximate surface area is 84.5 Å². The smallest absolute Gasteiger partial charge is 0.217 e. The van der Waals surface area contributed by atoms with Gasteiger partial charge in [-0.1, -0.05) is 6.08 Å². The van der Waals surface area contributed by atoms with Gasteiger partial charge in [-0.2, -0.15) is 0 Å². The molecule has 14 heavy (non-hydrogen) atoms. The van der Waals surface area contributed by atoms with Gasteiger partial charge in [-0.25, -0.2) is 0 Å². The van der Waals surface area contributed by atoms with E-state index in [1.807, 2.05) is 6.08 Å². The van der Waals surface area contributed by atoms with Crippen LogP contribution in [0, 0.1) is 0 Å². The third kappa shape index (κ3) is 9.02. The second kappa shape index (κ2) is 7.34. The molecule has 0 aliphatic carbocycles. The molecule has 0 radical (unpaired) electrons. The predicted octanol–water partition coefficient (Wildman–Crippen LogP) is -0.492. The number of allylic oxidation sites excluding steroid dienone is 2. The number of primary amides is 1. The maximum absolute atomic E-state index is 10.4. The van der Waals surface area contributed by atoms with Crippen LogP contribution in [0.2, 0.25) is 0 Å². The van der Waals surface area contributed by atoms with Crippen LogP contribution in [0.1, 0.15) is 32.1 Å². The summed E-state index contributed by atoms with van der Waals surface area (Å²) in [6, 6.07) is 0. The largest absolute Gasteiger partial charge is 0.402 e. The van der Waals surface area contributed by atoms with Gasteiger partial charge in [0.15, 0.2) is 0 Å². The first kappa shape index (κ1) is 12.9. The molecule has 82 valence electrons. The van der Waals surface area contributed by atoms with E-state index in [4.69, 9.17) is 22.9 Å². The Hall–Kier alpha value is -1.07. The van der Waals surface area contributed by atoms with Gasteiger partial charge in [0.1, 0.15) is 0 Å². The number of amides is 1. The van der Waals surface area contributed by atoms with Crippen molar-refractivity contribution in [1.29, 1.82) is 0 Å². The van der Waals surface area contributed by atoms with Crippen molar-refractivity contribution in [3.8, 4) is 0 Å². The SMILES string of the molecule is NC(=O)CC/C=C(\N)CCCC(N)N. The van der Waals surface area contributed by atoms with Crippen LogP contribution >= 0.6 is 0 Å². The van der Waals surface area contributed by atoms with Gasteiger partial charge in [0.25, 0.3) is 0 Å².